The molecule has 0 atom stereocenters. The molecule has 1 N–H and O–H groups in total. The highest BCUT2D eigenvalue weighted by molar-refractivity contribution is 7.89. The van der Waals surface area contributed by atoms with Gasteiger partial charge in [-0.1, -0.05) is 39.8 Å². The number of hydrogen-bond acceptors (Lipinski definition) is 3. The van der Waals surface area contributed by atoms with Gasteiger partial charge in [-0.15, -0.1) is 0 Å². The minimum atomic E-state index is -3.59. The zero-order valence-electron chi connectivity index (χ0n) is 16.0. The van der Waals surface area contributed by atoms with E-state index < -0.39 is 10.0 Å². The molecule has 0 aliphatic rings. The lowest BCUT2D eigenvalue weighted by Crippen LogP contribution is -2.30. The predicted molar refractivity (Wildman–Crippen MR) is 104 cm³/mol. The Morgan fingerprint density at radius 1 is 1.19 bits per heavy atom. The van der Waals surface area contributed by atoms with Crippen molar-refractivity contribution in [2.45, 2.75) is 38.5 Å². The highest BCUT2D eigenvalue weighted by atomic mass is 32.2. The number of carbonyl (C=O) groups is 1. The lowest BCUT2D eigenvalue weighted by molar-refractivity contribution is 0.101. The van der Waals surface area contributed by atoms with Crippen LogP contribution in [0.15, 0.2) is 41.4 Å². The molecule has 26 heavy (non-hydrogen) atoms. The first-order valence-electron chi connectivity index (χ1n) is 8.78. The van der Waals surface area contributed by atoms with Gasteiger partial charge in [0.1, 0.15) is 10.6 Å². The lowest BCUT2D eigenvalue weighted by Gasteiger charge is -2.17. The normalized spacial score (nSPS) is 12.0. The average molecular weight is 378 g/mol. The van der Waals surface area contributed by atoms with Crippen LogP contribution >= 0.6 is 0 Å². The SMILES string of the molecule is CCN(CC)S(=O)(=O)c1cc(C(=O)Nc2cccc(C(C)C)c2)n(C)c1. The molecule has 7 heteroatoms. The summed E-state index contributed by atoms with van der Waals surface area (Å²) in [7, 11) is -1.93. The van der Waals surface area contributed by atoms with Gasteiger partial charge in [0.15, 0.2) is 0 Å². The molecular weight excluding hydrogens is 350 g/mol. The number of aromatic nitrogens is 1. The Morgan fingerprint density at radius 3 is 2.42 bits per heavy atom. The number of sulfonamides is 1. The summed E-state index contributed by atoms with van der Waals surface area (Å²) in [4.78, 5) is 12.8. The van der Waals surface area contributed by atoms with Crippen LogP contribution in [-0.4, -0.2) is 36.3 Å². The molecule has 0 saturated heterocycles. The molecule has 0 radical (unpaired) electrons. The van der Waals surface area contributed by atoms with Crippen LogP contribution in [-0.2, 0) is 17.1 Å². The van der Waals surface area contributed by atoms with E-state index in [-0.39, 0.29) is 10.8 Å². The van der Waals surface area contributed by atoms with E-state index in [2.05, 4.69) is 19.2 Å². The summed E-state index contributed by atoms with van der Waals surface area (Å²) in [5.74, 6) is 0.0158. The number of hydrogen-bond donors (Lipinski definition) is 1. The van der Waals surface area contributed by atoms with Gasteiger partial charge in [0.2, 0.25) is 10.0 Å². The van der Waals surface area contributed by atoms with Gasteiger partial charge in [-0.2, -0.15) is 4.31 Å². The van der Waals surface area contributed by atoms with Crippen LogP contribution in [0.1, 0.15) is 49.7 Å². The molecule has 1 amide bonds. The van der Waals surface area contributed by atoms with Gasteiger partial charge in [-0.05, 0) is 29.7 Å². The molecular formula is C19H27N3O3S. The topological polar surface area (TPSA) is 71.4 Å². The van der Waals surface area contributed by atoms with Crippen LogP contribution in [0, 0.1) is 0 Å². The second-order valence-electron chi connectivity index (χ2n) is 6.50. The first kappa shape index (κ1) is 20.2. The highest BCUT2D eigenvalue weighted by Gasteiger charge is 2.25. The fourth-order valence-electron chi connectivity index (χ4n) is 2.78. The number of carbonyl (C=O) groups excluding carboxylic acids is 1. The van der Waals surface area contributed by atoms with Gasteiger partial charge in [0, 0.05) is 32.0 Å². The van der Waals surface area contributed by atoms with Crippen molar-refractivity contribution in [3.05, 3.63) is 47.8 Å². The van der Waals surface area contributed by atoms with E-state index in [1.807, 2.05) is 24.3 Å². The molecule has 0 fully saturated rings. The molecule has 2 rings (SSSR count). The zero-order valence-corrected chi connectivity index (χ0v) is 16.8. The Bertz CT molecular complexity index is 881. The zero-order chi connectivity index (χ0) is 19.5. The Labute approximate surface area is 155 Å². The van der Waals surface area contributed by atoms with Crippen molar-refractivity contribution < 1.29 is 13.2 Å². The van der Waals surface area contributed by atoms with Crippen LogP contribution < -0.4 is 5.32 Å². The molecule has 0 bridgehead atoms. The molecule has 0 spiro atoms. The molecule has 6 nitrogen and oxygen atoms in total. The largest absolute Gasteiger partial charge is 0.345 e. The summed E-state index contributed by atoms with van der Waals surface area (Å²) in [6, 6.07) is 9.08. The summed E-state index contributed by atoms with van der Waals surface area (Å²) < 4.78 is 28.2. The molecule has 0 saturated carbocycles. The van der Waals surface area contributed by atoms with E-state index in [1.165, 1.54) is 21.1 Å². The third-order valence-corrected chi connectivity index (χ3v) is 6.38. The van der Waals surface area contributed by atoms with Crippen molar-refractivity contribution in [1.82, 2.24) is 8.87 Å². The second kappa shape index (κ2) is 8.05. The van der Waals surface area contributed by atoms with Crippen LogP contribution in [0.4, 0.5) is 5.69 Å². The van der Waals surface area contributed by atoms with Crippen LogP contribution in [0.2, 0.25) is 0 Å². The van der Waals surface area contributed by atoms with Crippen LogP contribution in [0.25, 0.3) is 0 Å². The van der Waals surface area contributed by atoms with E-state index in [0.29, 0.717) is 30.4 Å². The fraction of sp³-hybridized carbons (Fsp3) is 0.421. The minimum Gasteiger partial charge on any atom is -0.345 e. The van der Waals surface area contributed by atoms with Crippen molar-refractivity contribution in [2.24, 2.45) is 7.05 Å². The van der Waals surface area contributed by atoms with Crippen LogP contribution in [0.5, 0.6) is 0 Å². The van der Waals surface area contributed by atoms with E-state index in [9.17, 15) is 13.2 Å². The van der Waals surface area contributed by atoms with Crippen LogP contribution in [0.3, 0.4) is 0 Å². The van der Waals surface area contributed by atoms with Gasteiger partial charge < -0.3 is 9.88 Å². The summed E-state index contributed by atoms with van der Waals surface area (Å²) in [5, 5.41) is 2.85. The molecule has 1 aromatic carbocycles. The molecule has 0 unspecified atom stereocenters. The lowest BCUT2D eigenvalue weighted by atomic mass is 10.0. The summed E-state index contributed by atoms with van der Waals surface area (Å²) in [6.07, 6.45) is 1.48. The number of nitrogens with zero attached hydrogens (tertiary/aromatic N) is 2. The van der Waals surface area contributed by atoms with Gasteiger partial charge in [0.25, 0.3) is 5.91 Å². The third-order valence-electron chi connectivity index (χ3n) is 4.37. The number of rotatable bonds is 7. The quantitative estimate of drug-likeness (QED) is 0.803. The smallest absolute Gasteiger partial charge is 0.272 e. The number of aryl methyl sites for hydroxylation is 1. The van der Waals surface area contributed by atoms with Gasteiger partial charge in [-0.25, -0.2) is 8.42 Å². The number of nitrogens with one attached hydrogen (secondary N) is 1. The van der Waals surface area contributed by atoms with Crippen molar-refractivity contribution in [3.63, 3.8) is 0 Å². The molecule has 142 valence electrons. The van der Waals surface area contributed by atoms with Gasteiger partial charge in [0.05, 0.1) is 0 Å². The van der Waals surface area contributed by atoms with Crippen molar-refractivity contribution in [3.8, 4) is 0 Å². The predicted octanol–water partition coefficient (Wildman–Crippen LogP) is 3.43. The minimum absolute atomic E-state index is 0.129. The highest BCUT2D eigenvalue weighted by Crippen LogP contribution is 2.21. The molecule has 0 aliphatic carbocycles. The Balaban J connectivity index is 2.29. The Morgan fingerprint density at radius 2 is 1.85 bits per heavy atom. The van der Waals surface area contributed by atoms with Crippen molar-refractivity contribution >= 4 is 21.6 Å². The first-order chi connectivity index (χ1) is 12.2. The third kappa shape index (κ3) is 4.16. The standard InChI is InChI=1S/C19H27N3O3S/c1-6-22(7-2)26(24,25)17-12-18(21(5)13-17)19(23)20-16-10-8-9-15(11-16)14(3)4/h8-14H,6-7H2,1-5H3,(H,20,23). The number of benzene rings is 1. The van der Waals surface area contributed by atoms with E-state index in [0.717, 1.165) is 5.56 Å². The van der Waals surface area contributed by atoms with E-state index in [4.69, 9.17) is 0 Å². The van der Waals surface area contributed by atoms with Gasteiger partial charge in [-0.3, -0.25) is 4.79 Å². The maximum Gasteiger partial charge on any atom is 0.272 e. The maximum absolute atomic E-state index is 12.6. The maximum atomic E-state index is 12.6. The summed E-state index contributed by atoms with van der Waals surface area (Å²) >= 11 is 0. The number of anilines is 1. The van der Waals surface area contributed by atoms with Crippen molar-refractivity contribution in [1.29, 1.82) is 0 Å². The fourth-order valence-corrected chi connectivity index (χ4v) is 4.31. The summed E-state index contributed by atoms with van der Waals surface area (Å²) in [6.45, 7) is 8.53. The number of amides is 1. The van der Waals surface area contributed by atoms with E-state index in [1.54, 1.807) is 20.9 Å². The molecule has 1 aromatic heterocycles. The first-order valence-corrected chi connectivity index (χ1v) is 10.2. The average Bonchev–Trinajstić information content (AvgIpc) is 2.98. The molecule has 0 aliphatic heterocycles. The summed E-state index contributed by atoms with van der Waals surface area (Å²) in [5.41, 5.74) is 2.11. The Hall–Kier alpha value is -2.12. The van der Waals surface area contributed by atoms with Crippen molar-refractivity contribution in [2.75, 3.05) is 18.4 Å². The van der Waals surface area contributed by atoms with E-state index >= 15 is 0 Å². The molecule has 2 aromatic rings. The second-order valence-corrected chi connectivity index (χ2v) is 8.43. The molecule has 1 heterocycles. The van der Waals surface area contributed by atoms with Gasteiger partial charge >= 0.3 is 0 Å². The monoisotopic (exact) mass is 377 g/mol. The Kier molecular flexibility index (Phi) is 6.26.